The van der Waals surface area contributed by atoms with Crippen molar-refractivity contribution in [3.8, 4) is 0 Å². The topological polar surface area (TPSA) is 150 Å². The smallest absolute Gasteiger partial charge is 0.549 e. The third-order valence-electron chi connectivity index (χ3n) is 1.99. The number of carbonyl (C=O) groups excluding carboxylic acids is 2. The Balaban J connectivity index is -0.000000333. The molecule has 0 spiro atoms. The third-order valence-corrected chi connectivity index (χ3v) is 1.99. The summed E-state index contributed by atoms with van der Waals surface area (Å²) in [4.78, 5) is 20.4. The Hall–Kier alpha value is -0.452. The summed E-state index contributed by atoms with van der Waals surface area (Å²) in [6.45, 7) is 0. The van der Waals surface area contributed by atoms with E-state index in [0.29, 0.717) is 6.42 Å². The van der Waals surface area contributed by atoms with E-state index in [4.69, 9.17) is 0 Å². The molecule has 0 aromatic rings. The first kappa shape index (κ1) is 18.4. The van der Waals surface area contributed by atoms with Crippen molar-refractivity contribution in [1.82, 2.24) is 12.3 Å². The number of hydrogen-bond donors (Lipinski definition) is 2. The SMILES string of the molecule is N.N.O=C([O-])C1(C(=O)[O-])CCC1.[191Pt+2]. The number of carboxylic acids is 2. The summed E-state index contributed by atoms with van der Waals surface area (Å²) in [7, 11) is 0. The van der Waals surface area contributed by atoms with Gasteiger partial charge in [-0.2, -0.15) is 0 Å². The molecule has 1 aliphatic carbocycles. The van der Waals surface area contributed by atoms with E-state index in [-0.39, 0.29) is 46.2 Å². The second-order valence-corrected chi connectivity index (χ2v) is 2.51. The van der Waals surface area contributed by atoms with Crippen LogP contribution >= 0.6 is 0 Å². The molecule has 0 aromatic carbocycles. The van der Waals surface area contributed by atoms with Gasteiger partial charge in [0.1, 0.15) is 0 Å². The number of carboxylic acid groups (broad SMARTS) is 2. The Morgan fingerprint density at radius 2 is 1.31 bits per heavy atom. The molecular formula is C6H12N2O4Pt. The zero-order chi connectivity index (χ0) is 7.78. The van der Waals surface area contributed by atoms with Gasteiger partial charge in [-0.3, -0.25) is 0 Å². The second kappa shape index (κ2) is 6.07. The van der Waals surface area contributed by atoms with Crippen LogP contribution in [0.5, 0.6) is 0 Å². The van der Waals surface area contributed by atoms with Crippen molar-refractivity contribution in [2.24, 2.45) is 5.41 Å². The summed E-state index contributed by atoms with van der Waals surface area (Å²) >= 11 is 0. The van der Waals surface area contributed by atoms with Crippen LogP contribution in [0.2, 0.25) is 0 Å². The van der Waals surface area contributed by atoms with Gasteiger partial charge in [0.2, 0.25) is 0 Å². The van der Waals surface area contributed by atoms with Gasteiger partial charge in [-0.25, -0.2) is 0 Å². The molecule has 0 unspecified atom stereocenters. The monoisotopic (exact) mass is 367 g/mol. The van der Waals surface area contributed by atoms with Crippen molar-refractivity contribution in [2.45, 2.75) is 19.3 Å². The summed E-state index contributed by atoms with van der Waals surface area (Å²) < 4.78 is 0. The molecule has 1 aliphatic rings. The van der Waals surface area contributed by atoms with E-state index in [9.17, 15) is 19.8 Å². The fourth-order valence-electron chi connectivity index (χ4n) is 1.02. The van der Waals surface area contributed by atoms with Crippen molar-refractivity contribution in [2.75, 3.05) is 0 Å². The Morgan fingerprint density at radius 1 is 1.00 bits per heavy atom. The van der Waals surface area contributed by atoms with Crippen molar-refractivity contribution in [3.63, 3.8) is 0 Å². The van der Waals surface area contributed by atoms with Crippen molar-refractivity contribution in [1.29, 1.82) is 0 Å². The van der Waals surface area contributed by atoms with Gasteiger partial charge in [0.15, 0.2) is 0 Å². The second-order valence-electron chi connectivity index (χ2n) is 2.51. The van der Waals surface area contributed by atoms with E-state index in [1.807, 2.05) is 0 Å². The quantitative estimate of drug-likeness (QED) is 0.538. The summed E-state index contributed by atoms with van der Waals surface area (Å²) in [5, 5.41) is 20.4. The van der Waals surface area contributed by atoms with Crippen LogP contribution < -0.4 is 22.5 Å². The molecule has 6 nitrogen and oxygen atoms in total. The first-order chi connectivity index (χ1) is 4.59. The van der Waals surface area contributed by atoms with Crippen molar-refractivity contribution in [3.05, 3.63) is 0 Å². The normalized spacial score (nSPS) is 16.3. The summed E-state index contributed by atoms with van der Waals surface area (Å²) in [6.07, 6.45) is 0.928. The first-order valence-corrected chi connectivity index (χ1v) is 3.02. The average Bonchev–Trinajstić information content (AvgIpc) is 1.57. The molecule has 0 radical (unpaired) electrons. The van der Waals surface area contributed by atoms with Crippen LogP contribution in [-0.2, 0) is 30.7 Å². The summed E-state index contributed by atoms with van der Waals surface area (Å²) in [6, 6.07) is 0. The molecule has 0 saturated heterocycles. The first-order valence-electron chi connectivity index (χ1n) is 3.02. The van der Waals surface area contributed by atoms with E-state index < -0.39 is 17.4 Å². The number of aliphatic carboxylic acids is 2. The molecule has 0 amide bonds. The van der Waals surface area contributed by atoms with Crippen LogP contribution in [0.25, 0.3) is 0 Å². The standard InChI is InChI=1S/C6H8O4.2H3N.Pt/c7-4(8)6(5(9)10)2-1-3-6;;;/h1-3H2,(H,7,8)(H,9,10);2*1H3;/q;;;+2/p-2/i;;;1-4. The summed E-state index contributed by atoms with van der Waals surface area (Å²) in [5.41, 5.74) is -1.67. The molecule has 0 aromatic heterocycles. The van der Waals surface area contributed by atoms with Crippen LogP contribution in [-0.4, -0.2) is 11.9 Å². The molecule has 0 heterocycles. The van der Waals surface area contributed by atoms with Gasteiger partial charge in [0.25, 0.3) is 0 Å². The minimum atomic E-state index is -1.67. The van der Waals surface area contributed by atoms with Gasteiger partial charge in [0, 0.05) is 5.41 Å². The molecule has 13 heavy (non-hydrogen) atoms. The van der Waals surface area contributed by atoms with Gasteiger partial charge in [0.05, 0.1) is 11.9 Å². The van der Waals surface area contributed by atoms with Crippen LogP contribution in [0.1, 0.15) is 19.3 Å². The molecule has 0 aliphatic heterocycles. The average molecular weight is 367 g/mol. The molecule has 1 saturated carbocycles. The molecule has 80 valence electrons. The maximum Gasteiger partial charge on any atom is 2.00 e. The minimum Gasteiger partial charge on any atom is -0.549 e. The Labute approximate surface area is 90.1 Å². The molecule has 0 bridgehead atoms. The number of hydrogen-bond acceptors (Lipinski definition) is 6. The fraction of sp³-hybridized carbons (Fsp3) is 0.667. The minimum absolute atomic E-state index is 0. The van der Waals surface area contributed by atoms with E-state index in [1.54, 1.807) is 0 Å². The van der Waals surface area contributed by atoms with Crippen molar-refractivity contribution >= 4 is 11.9 Å². The predicted molar refractivity (Wildman–Crippen MR) is 36.3 cm³/mol. The molecular weight excluding hydrogens is 355 g/mol. The zero-order valence-electron chi connectivity index (χ0n) is 6.98. The molecule has 6 N–H and O–H groups in total. The summed E-state index contributed by atoms with van der Waals surface area (Å²) in [5.74, 6) is -3.03. The third kappa shape index (κ3) is 2.76. The van der Waals surface area contributed by atoms with Gasteiger partial charge in [-0.05, 0) is 12.8 Å². The number of carbonyl (C=O) groups is 2. The van der Waals surface area contributed by atoms with Gasteiger partial charge in [-0.1, -0.05) is 6.42 Å². The predicted octanol–water partition coefficient (Wildman–Crippen LogP) is -2.02. The Morgan fingerprint density at radius 3 is 1.31 bits per heavy atom. The molecule has 1 rings (SSSR count). The van der Waals surface area contributed by atoms with E-state index in [1.165, 1.54) is 0 Å². The van der Waals surface area contributed by atoms with Gasteiger partial charge < -0.3 is 32.1 Å². The largest absolute Gasteiger partial charge is 2.00 e. The van der Waals surface area contributed by atoms with Crippen LogP contribution in [0.4, 0.5) is 0 Å². The molecule has 0 atom stereocenters. The van der Waals surface area contributed by atoms with Crippen LogP contribution in [0.3, 0.4) is 0 Å². The van der Waals surface area contributed by atoms with E-state index in [0.717, 1.165) is 0 Å². The Kier molecular flexibility index (Phi) is 8.57. The fourth-order valence-corrected chi connectivity index (χ4v) is 1.02. The van der Waals surface area contributed by atoms with Crippen LogP contribution in [0.15, 0.2) is 0 Å². The maximum atomic E-state index is 10.2. The van der Waals surface area contributed by atoms with Crippen LogP contribution in [0, 0.1) is 5.41 Å². The Bertz CT molecular complexity index is 177. The molecule has 1 fully saturated rings. The zero-order valence-corrected chi connectivity index (χ0v) is 9.26. The van der Waals surface area contributed by atoms with E-state index in [2.05, 4.69) is 0 Å². The maximum absolute atomic E-state index is 10.2. The molecule has 7 heteroatoms. The van der Waals surface area contributed by atoms with E-state index >= 15 is 0 Å². The number of rotatable bonds is 2. The van der Waals surface area contributed by atoms with Gasteiger partial charge >= 0.3 is 21.1 Å². The van der Waals surface area contributed by atoms with Gasteiger partial charge in [-0.15, -0.1) is 0 Å². The van der Waals surface area contributed by atoms with Crippen molar-refractivity contribution < 1.29 is 40.9 Å².